The van der Waals surface area contributed by atoms with Crippen LogP contribution in [0.2, 0.25) is 0 Å². The van der Waals surface area contributed by atoms with Crippen LogP contribution in [0.4, 0.5) is 0 Å². The Hall–Kier alpha value is 0.0900. The molecule has 1 heteroatoms. The largest absolute Gasteiger partial charge is 0.154 e. The zero-order valence-corrected chi connectivity index (χ0v) is 6.08. The van der Waals surface area contributed by atoms with Gasteiger partial charge in [-0.2, -0.15) is 11.8 Å². The molecular weight excluding hydrogens is 116 g/mol. The minimum atomic E-state index is 0.847. The molecule has 1 aliphatic heterocycles. The van der Waals surface area contributed by atoms with E-state index in [9.17, 15) is 0 Å². The highest BCUT2D eigenvalue weighted by atomic mass is 32.2. The van der Waals surface area contributed by atoms with Crippen molar-refractivity contribution < 1.29 is 0 Å². The molecule has 1 aliphatic rings. The van der Waals surface area contributed by atoms with Crippen LogP contribution in [0.3, 0.4) is 0 Å². The van der Waals surface area contributed by atoms with Crippen molar-refractivity contribution in [3.8, 4) is 0 Å². The summed E-state index contributed by atoms with van der Waals surface area (Å²) in [6.07, 6.45) is 7.27. The second kappa shape index (κ2) is 3.18. The fourth-order valence-corrected chi connectivity index (χ4v) is 2.21. The lowest BCUT2D eigenvalue weighted by Crippen LogP contribution is -1.86. The van der Waals surface area contributed by atoms with Crippen LogP contribution in [0, 0.1) is 0 Å². The molecule has 0 aromatic rings. The maximum Gasteiger partial charge on any atom is 0.0227 e. The summed E-state index contributed by atoms with van der Waals surface area (Å²) in [7, 11) is 0. The number of thioether (sulfide) groups is 1. The molecule has 1 atom stereocenters. The van der Waals surface area contributed by atoms with Gasteiger partial charge in [-0.05, 0) is 25.5 Å². The Morgan fingerprint density at radius 3 is 3.00 bits per heavy atom. The van der Waals surface area contributed by atoms with Crippen LogP contribution < -0.4 is 0 Å². The molecule has 0 bridgehead atoms. The third-order valence-electron chi connectivity index (χ3n) is 1.37. The maximum absolute atomic E-state index is 2.30. The fourth-order valence-electron chi connectivity index (χ4n) is 0.969. The van der Waals surface area contributed by atoms with Crippen LogP contribution in [-0.2, 0) is 0 Å². The second-order valence-electron chi connectivity index (χ2n) is 2.08. The van der Waals surface area contributed by atoms with Crippen LogP contribution >= 0.6 is 11.8 Å². The zero-order valence-electron chi connectivity index (χ0n) is 5.26. The smallest absolute Gasteiger partial charge is 0.0227 e. The predicted molar refractivity (Wildman–Crippen MR) is 40.3 cm³/mol. The van der Waals surface area contributed by atoms with Crippen LogP contribution in [0.25, 0.3) is 0 Å². The van der Waals surface area contributed by atoms with Gasteiger partial charge in [-0.15, -0.1) is 0 Å². The van der Waals surface area contributed by atoms with Crippen molar-refractivity contribution in [2.75, 3.05) is 5.75 Å². The highest BCUT2D eigenvalue weighted by Gasteiger charge is 2.10. The van der Waals surface area contributed by atoms with Gasteiger partial charge in [0.1, 0.15) is 0 Å². The Morgan fingerprint density at radius 1 is 1.62 bits per heavy atom. The van der Waals surface area contributed by atoms with Crippen molar-refractivity contribution >= 4 is 11.8 Å². The summed E-state index contributed by atoms with van der Waals surface area (Å²) >= 11 is 2.08. The van der Waals surface area contributed by atoms with Crippen LogP contribution in [-0.4, -0.2) is 11.0 Å². The van der Waals surface area contributed by atoms with E-state index in [0.717, 1.165) is 5.25 Å². The number of allylic oxidation sites excluding steroid dienone is 1. The van der Waals surface area contributed by atoms with E-state index < -0.39 is 0 Å². The third kappa shape index (κ3) is 1.55. The maximum atomic E-state index is 2.30. The first-order valence-electron chi connectivity index (χ1n) is 3.18. The number of rotatable bonds is 1. The topological polar surface area (TPSA) is 0 Å². The van der Waals surface area contributed by atoms with Crippen molar-refractivity contribution in [2.45, 2.75) is 25.0 Å². The Morgan fingerprint density at radius 2 is 2.50 bits per heavy atom. The SMILES string of the molecule is C/C=C\C1CCCS1. The van der Waals surface area contributed by atoms with E-state index in [1.807, 2.05) is 0 Å². The molecule has 0 nitrogen and oxygen atoms in total. The number of hydrogen-bond acceptors (Lipinski definition) is 1. The average molecular weight is 128 g/mol. The first-order valence-corrected chi connectivity index (χ1v) is 4.23. The van der Waals surface area contributed by atoms with Crippen molar-refractivity contribution in [1.29, 1.82) is 0 Å². The highest BCUT2D eigenvalue weighted by molar-refractivity contribution is 8.00. The Balaban J connectivity index is 2.24. The summed E-state index contributed by atoms with van der Waals surface area (Å²) in [6.45, 7) is 2.10. The predicted octanol–water partition coefficient (Wildman–Crippen LogP) is 2.46. The van der Waals surface area contributed by atoms with Gasteiger partial charge in [0.15, 0.2) is 0 Å². The summed E-state index contributed by atoms with van der Waals surface area (Å²) in [6, 6.07) is 0. The lowest BCUT2D eigenvalue weighted by molar-refractivity contribution is 0.880. The first-order chi connectivity index (χ1) is 3.93. The summed E-state index contributed by atoms with van der Waals surface area (Å²) in [5.41, 5.74) is 0. The summed E-state index contributed by atoms with van der Waals surface area (Å²) in [4.78, 5) is 0. The van der Waals surface area contributed by atoms with Gasteiger partial charge in [0, 0.05) is 5.25 Å². The lowest BCUT2D eigenvalue weighted by Gasteiger charge is -1.96. The Kier molecular flexibility index (Phi) is 2.47. The van der Waals surface area contributed by atoms with Crippen LogP contribution in [0.15, 0.2) is 12.2 Å². The van der Waals surface area contributed by atoms with Gasteiger partial charge in [0.05, 0.1) is 0 Å². The Bertz CT molecular complexity index is 80.4. The van der Waals surface area contributed by atoms with Gasteiger partial charge in [0.2, 0.25) is 0 Å². The number of hydrogen-bond donors (Lipinski definition) is 0. The molecule has 1 fully saturated rings. The molecule has 0 saturated carbocycles. The minimum Gasteiger partial charge on any atom is -0.154 e. The quantitative estimate of drug-likeness (QED) is 0.489. The lowest BCUT2D eigenvalue weighted by atomic mass is 10.2. The van der Waals surface area contributed by atoms with E-state index in [1.54, 1.807) is 0 Å². The summed E-state index contributed by atoms with van der Waals surface area (Å²) in [5.74, 6) is 1.37. The van der Waals surface area contributed by atoms with Gasteiger partial charge in [-0.25, -0.2) is 0 Å². The van der Waals surface area contributed by atoms with Crippen LogP contribution in [0.5, 0.6) is 0 Å². The summed E-state index contributed by atoms with van der Waals surface area (Å²) < 4.78 is 0. The molecule has 8 heavy (non-hydrogen) atoms. The normalized spacial score (nSPS) is 29.9. The van der Waals surface area contributed by atoms with Crippen LogP contribution in [0.1, 0.15) is 19.8 Å². The molecule has 0 amide bonds. The van der Waals surface area contributed by atoms with Gasteiger partial charge < -0.3 is 0 Å². The molecule has 1 saturated heterocycles. The first kappa shape index (κ1) is 6.21. The van der Waals surface area contributed by atoms with E-state index in [0.29, 0.717) is 0 Å². The molecule has 1 rings (SSSR count). The van der Waals surface area contributed by atoms with Gasteiger partial charge in [-0.3, -0.25) is 0 Å². The molecule has 0 spiro atoms. The molecule has 46 valence electrons. The molecule has 0 aromatic heterocycles. The van der Waals surface area contributed by atoms with Crippen molar-refractivity contribution in [2.24, 2.45) is 0 Å². The van der Waals surface area contributed by atoms with Gasteiger partial charge in [0.25, 0.3) is 0 Å². The average Bonchev–Trinajstić information content (AvgIpc) is 2.19. The molecular formula is C7H12S. The van der Waals surface area contributed by atoms with E-state index in [1.165, 1.54) is 18.6 Å². The molecule has 0 radical (unpaired) electrons. The van der Waals surface area contributed by atoms with E-state index in [4.69, 9.17) is 0 Å². The van der Waals surface area contributed by atoms with Crippen molar-refractivity contribution in [3.05, 3.63) is 12.2 Å². The molecule has 0 N–H and O–H groups in total. The van der Waals surface area contributed by atoms with E-state index in [-0.39, 0.29) is 0 Å². The molecule has 0 aliphatic carbocycles. The zero-order chi connectivity index (χ0) is 5.82. The van der Waals surface area contributed by atoms with E-state index in [2.05, 4.69) is 30.8 Å². The van der Waals surface area contributed by atoms with E-state index >= 15 is 0 Å². The Labute approximate surface area is 55.4 Å². The van der Waals surface area contributed by atoms with Gasteiger partial charge >= 0.3 is 0 Å². The standard InChI is InChI=1S/C7H12S/c1-2-4-7-5-3-6-8-7/h2,4,7H,3,5-6H2,1H3/b4-2-. The fraction of sp³-hybridized carbons (Fsp3) is 0.714. The second-order valence-corrected chi connectivity index (χ2v) is 3.42. The third-order valence-corrected chi connectivity index (χ3v) is 2.72. The molecule has 1 heterocycles. The monoisotopic (exact) mass is 128 g/mol. The van der Waals surface area contributed by atoms with Crippen molar-refractivity contribution in [3.63, 3.8) is 0 Å². The molecule has 0 aromatic carbocycles. The summed E-state index contributed by atoms with van der Waals surface area (Å²) in [5, 5.41) is 0.847. The van der Waals surface area contributed by atoms with Crippen molar-refractivity contribution in [1.82, 2.24) is 0 Å². The molecule has 1 unspecified atom stereocenters. The minimum absolute atomic E-state index is 0.847. The van der Waals surface area contributed by atoms with Gasteiger partial charge in [-0.1, -0.05) is 12.2 Å². The highest BCUT2D eigenvalue weighted by Crippen LogP contribution is 2.26.